The van der Waals surface area contributed by atoms with Crippen LogP contribution < -0.4 is 5.73 Å². The van der Waals surface area contributed by atoms with E-state index in [1.54, 1.807) is 12.1 Å². The van der Waals surface area contributed by atoms with Crippen molar-refractivity contribution in [1.29, 1.82) is 0 Å². The molecule has 4 heteroatoms. The molecule has 0 saturated heterocycles. The van der Waals surface area contributed by atoms with E-state index in [4.69, 9.17) is 5.73 Å². The van der Waals surface area contributed by atoms with Crippen molar-refractivity contribution in [3.8, 4) is 0 Å². The largest absolute Gasteiger partial charge is 0.478 e. The topological polar surface area (TPSA) is 80.4 Å². The van der Waals surface area contributed by atoms with E-state index >= 15 is 0 Å². The van der Waals surface area contributed by atoms with Gasteiger partial charge in [-0.3, -0.25) is 4.79 Å². The number of amides is 1. The van der Waals surface area contributed by atoms with Crippen LogP contribution in [0.1, 0.15) is 5.56 Å². The number of primary amides is 1. The predicted octanol–water partition coefficient (Wildman–Crippen LogP) is 2.95. The van der Waals surface area contributed by atoms with Crippen LogP contribution >= 0.6 is 0 Å². The van der Waals surface area contributed by atoms with Gasteiger partial charge in [0.15, 0.2) is 0 Å². The second-order valence-electron chi connectivity index (χ2n) is 4.99. The Kier molecular flexibility index (Phi) is 3.35. The molecule has 4 nitrogen and oxygen atoms in total. The molecule has 0 spiro atoms. The van der Waals surface area contributed by atoms with Gasteiger partial charge in [0.2, 0.25) is 5.91 Å². The number of carbonyl (C=O) groups is 2. The first-order valence-electron chi connectivity index (χ1n) is 6.72. The molecule has 3 aromatic carbocycles. The number of benzene rings is 3. The van der Waals surface area contributed by atoms with Crippen molar-refractivity contribution >= 4 is 39.0 Å². The summed E-state index contributed by atoms with van der Waals surface area (Å²) in [7, 11) is 0. The summed E-state index contributed by atoms with van der Waals surface area (Å²) in [5.41, 5.74) is 5.50. The van der Waals surface area contributed by atoms with Gasteiger partial charge >= 0.3 is 5.97 Å². The summed E-state index contributed by atoms with van der Waals surface area (Å²) in [4.78, 5) is 22.6. The van der Waals surface area contributed by atoms with Crippen molar-refractivity contribution in [3.05, 3.63) is 66.2 Å². The third-order valence-electron chi connectivity index (χ3n) is 3.55. The number of carboxylic acid groups (broad SMARTS) is 1. The minimum Gasteiger partial charge on any atom is -0.478 e. The Morgan fingerprint density at radius 1 is 0.909 bits per heavy atom. The molecule has 0 bridgehead atoms. The molecule has 0 atom stereocenters. The fourth-order valence-corrected chi connectivity index (χ4v) is 2.60. The second kappa shape index (κ2) is 5.33. The lowest BCUT2D eigenvalue weighted by Crippen LogP contribution is -2.10. The van der Waals surface area contributed by atoms with Crippen molar-refractivity contribution in [2.75, 3.05) is 0 Å². The van der Waals surface area contributed by atoms with Crippen LogP contribution in [0.3, 0.4) is 0 Å². The first-order chi connectivity index (χ1) is 10.6. The molecule has 0 radical (unpaired) electrons. The minimum absolute atomic E-state index is 0.103. The van der Waals surface area contributed by atoms with Gasteiger partial charge in [-0.1, -0.05) is 42.5 Å². The highest BCUT2D eigenvalue weighted by Crippen LogP contribution is 2.29. The second-order valence-corrected chi connectivity index (χ2v) is 4.99. The standard InChI is InChI=1S/C18H13NO3/c19-17(20)10-16(18(21)22)14-7-3-6-13-8-11-4-1-2-5-12(11)9-15(13)14/h1-10H,(H2,19,20)(H,21,22)/b16-10+. The molecule has 108 valence electrons. The van der Waals surface area contributed by atoms with Gasteiger partial charge in [0, 0.05) is 6.08 Å². The number of rotatable bonds is 3. The Morgan fingerprint density at radius 3 is 2.18 bits per heavy atom. The molecule has 0 aromatic heterocycles. The molecule has 22 heavy (non-hydrogen) atoms. The average Bonchev–Trinajstić information content (AvgIpc) is 2.49. The number of nitrogens with two attached hydrogens (primary N) is 1. The van der Waals surface area contributed by atoms with E-state index in [1.807, 2.05) is 42.5 Å². The Labute approximate surface area is 126 Å². The first kappa shape index (κ1) is 13.8. The molecule has 3 aromatic rings. The van der Waals surface area contributed by atoms with Crippen LogP contribution in [-0.4, -0.2) is 17.0 Å². The van der Waals surface area contributed by atoms with E-state index in [1.165, 1.54) is 0 Å². The molecule has 0 fully saturated rings. The van der Waals surface area contributed by atoms with Crippen LogP contribution in [0, 0.1) is 0 Å². The number of aliphatic carboxylic acids is 1. The number of fused-ring (bicyclic) bond motifs is 2. The summed E-state index contributed by atoms with van der Waals surface area (Å²) in [6, 6.07) is 17.1. The zero-order valence-electron chi connectivity index (χ0n) is 11.6. The molecule has 0 saturated carbocycles. The van der Waals surface area contributed by atoms with E-state index in [0.29, 0.717) is 5.56 Å². The average molecular weight is 291 g/mol. The lowest BCUT2D eigenvalue weighted by Gasteiger charge is -2.09. The lowest BCUT2D eigenvalue weighted by atomic mass is 9.95. The molecule has 1 amide bonds. The summed E-state index contributed by atoms with van der Waals surface area (Å²) < 4.78 is 0. The molecule has 0 aliphatic carbocycles. The fourth-order valence-electron chi connectivity index (χ4n) is 2.60. The third-order valence-corrected chi connectivity index (χ3v) is 3.55. The fraction of sp³-hybridized carbons (Fsp3) is 0. The number of hydrogen-bond donors (Lipinski definition) is 2. The van der Waals surface area contributed by atoms with Crippen LogP contribution in [0.25, 0.3) is 27.1 Å². The van der Waals surface area contributed by atoms with Gasteiger partial charge < -0.3 is 10.8 Å². The molecular formula is C18H13NO3. The number of carbonyl (C=O) groups excluding carboxylic acids is 1. The van der Waals surface area contributed by atoms with Gasteiger partial charge in [0.1, 0.15) is 0 Å². The summed E-state index contributed by atoms with van der Waals surface area (Å²) in [6.07, 6.45) is 0.951. The summed E-state index contributed by atoms with van der Waals surface area (Å²) in [5, 5.41) is 13.1. The van der Waals surface area contributed by atoms with Gasteiger partial charge in [-0.25, -0.2) is 4.79 Å². The Bertz CT molecular complexity index is 941. The molecular weight excluding hydrogens is 278 g/mol. The van der Waals surface area contributed by atoms with Gasteiger partial charge in [0.05, 0.1) is 5.57 Å². The third kappa shape index (κ3) is 2.42. The van der Waals surface area contributed by atoms with Crippen LogP contribution in [0.2, 0.25) is 0 Å². The van der Waals surface area contributed by atoms with Crippen molar-refractivity contribution in [2.24, 2.45) is 5.73 Å². The molecule has 0 unspecified atom stereocenters. The van der Waals surface area contributed by atoms with Gasteiger partial charge in [-0.15, -0.1) is 0 Å². The van der Waals surface area contributed by atoms with Crippen molar-refractivity contribution < 1.29 is 14.7 Å². The molecule has 0 aliphatic rings. The first-order valence-corrected chi connectivity index (χ1v) is 6.72. The maximum absolute atomic E-state index is 11.5. The SMILES string of the molecule is NC(=O)/C=C(/C(=O)O)c1cccc2cc3ccccc3cc12. The molecule has 0 heterocycles. The van der Waals surface area contributed by atoms with Crippen LogP contribution in [0.4, 0.5) is 0 Å². The smallest absolute Gasteiger partial charge is 0.336 e. The predicted molar refractivity (Wildman–Crippen MR) is 86.3 cm³/mol. The highest BCUT2D eigenvalue weighted by atomic mass is 16.4. The number of hydrogen-bond acceptors (Lipinski definition) is 2. The zero-order chi connectivity index (χ0) is 15.7. The number of carboxylic acids is 1. The maximum Gasteiger partial charge on any atom is 0.336 e. The van der Waals surface area contributed by atoms with Crippen molar-refractivity contribution in [3.63, 3.8) is 0 Å². The van der Waals surface area contributed by atoms with Gasteiger partial charge in [-0.05, 0) is 39.2 Å². The quantitative estimate of drug-likeness (QED) is 0.575. The van der Waals surface area contributed by atoms with Crippen LogP contribution in [0.5, 0.6) is 0 Å². The monoisotopic (exact) mass is 291 g/mol. The van der Waals surface area contributed by atoms with E-state index in [2.05, 4.69) is 0 Å². The van der Waals surface area contributed by atoms with Crippen molar-refractivity contribution in [1.82, 2.24) is 0 Å². The van der Waals surface area contributed by atoms with Gasteiger partial charge in [0.25, 0.3) is 0 Å². The van der Waals surface area contributed by atoms with Crippen molar-refractivity contribution in [2.45, 2.75) is 0 Å². The normalized spacial score (nSPS) is 11.7. The zero-order valence-corrected chi connectivity index (χ0v) is 11.6. The highest BCUT2D eigenvalue weighted by molar-refractivity contribution is 6.23. The highest BCUT2D eigenvalue weighted by Gasteiger charge is 2.15. The minimum atomic E-state index is -1.18. The Morgan fingerprint density at radius 2 is 1.55 bits per heavy atom. The molecule has 0 aliphatic heterocycles. The van der Waals surface area contributed by atoms with E-state index in [0.717, 1.165) is 27.6 Å². The van der Waals surface area contributed by atoms with Crippen LogP contribution in [0.15, 0.2) is 60.7 Å². The summed E-state index contributed by atoms with van der Waals surface area (Å²) in [6.45, 7) is 0. The maximum atomic E-state index is 11.5. The molecule has 3 N–H and O–H groups in total. The van der Waals surface area contributed by atoms with Crippen LogP contribution in [-0.2, 0) is 9.59 Å². The lowest BCUT2D eigenvalue weighted by molar-refractivity contribution is -0.130. The van der Waals surface area contributed by atoms with E-state index in [-0.39, 0.29) is 5.57 Å². The Balaban J connectivity index is 2.36. The van der Waals surface area contributed by atoms with E-state index in [9.17, 15) is 14.7 Å². The van der Waals surface area contributed by atoms with E-state index < -0.39 is 11.9 Å². The molecule has 3 rings (SSSR count). The Hall–Kier alpha value is -3.14. The summed E-state index contributed by atoms with van der Waals surface area (Å²) >= 11 is 0. The summed E-state index contributed by atoms with van der Waals surface area (Å²) in [5.74, 6) is -1.96. The van der Waals surface area contributed by atoms with Gasteiger partial charge in [-0.2, -0.15) is 0 Å².